The number of hydrogen-bond donors (Lipinski definition) is 1. The molecule has 0 fully saturated rings. The fourth-order valence-electron chi connectivity index (χ4n) is 3.28. The molecule has 0 aliphatic carbocycles. The van der Waals surface area contributed by atoms with E-state index in [4.69, 9.17) is 4.74 Å². The Balaban J connectivity index is 1.84. The first-order chi connectivity index (χ1) is 14.2. The summed E-state index contributed by atoms with van der Waals surface area (Å²) < 4.78 is 6.98. The van der Waals surface area contributed by atoms with Gasteiger partial charge in [0, 0.05) is 14.9 Å². The van der Waals surface area contributed by atoms with Crippen molar-refractivity contribution in [2.24, 2.45) is 0 Å². The molecule has 0 radical (unpaired) electrons. The molecule has 0 atom stereocenters. The van der Waals surface area contributed by atoms with Crippen molar-refractivity contribution in [1.29, 1.82) is 0 Å². The number of hydrogen-bond acceptors (Lipinski definition) is 5. The molecule has 0 saturated carbocycles. The first-order valence-corrected chi connectivity index (χ1v) is 11.3. The predicted octanol–water partition coefficient (Wildman–Crippen LogP) is 7.22. The van der Waals surface area contributed by atoms with Crippen molar-refractivity contribution in [2.45, 2.75) is 26.7 Å². The lowest BCUT2D eigenvalue weighted by molar-refractivity contribution is 0.319. The Hall–Kier alpha value is -2.44. The van der Waals surface area contributed by atoms with E-state index in [-0.39, 0.29) is 0 Å². The summed E-state index contributed by atoms with van der Waals surface area (Å²) in [6.07, 6.45) is 3.54. The first kappa shape index (κ1) is 19.9. The van der Waals surface area contributed by atoms with Gasteiger partial charge in [0.1, 0.15) is 22.7 Å². The second-order valence-electron chi connectivity index (χ2n) is 6.63. The van der Waals surface area contributed by atoms with Crippen LogP contribution in [0.15, 0.2) is 59.3 Å². The molecule has 2 aromatic carbocycles. The van der Waals surface area contributed by atoms with Crippen molar-refractivity contribution in [2.75, 3.05) is 11.9 Å². The minimum atomic E-state index is 0.681. The number of nitrogens with zero attached hydrogens (tertiary/aromatic N) is 2. The van der Waals surface area contributed by atoms with Gasteiger partial charge in [0.05, 0.1) is 17.7 Å². The van der Waals surface area contributed by atoms with Gasteiger partial charge in [-0.15, -0.1) is 11.3 Å². The molecule has 6 heteroatoms. The highest BCUT2D eigenvalue weighted by molar-refractivity contribution is 9.10. The Morgan fingerprint density at radius 1 is 1.03 bits per heavy atom. The molecule has 1 N–H and O–H groups in total. The second-order valence-corrected chi connectivity index (χ2v) is 8.63. The lowest BCUT2D eigenvalue weighted by atomic mass is 10.0. The van der Waals surface area contributed by atoms with Crippen LogP contribution in [-0.4, -0.2) is 16.6 Å². The molecule has 0 saturated heterocycles. The standard InChI is InChI=1S/C23H22BrN3OS/c1-3-13-28-18-8-6-5-7-17(18)27-22-21-20(15-9-11-16(24)12-10-15)19(4-2)29-23(21)26-14-25-22/h5-12,14H,3-4,13H2,1-2H3,(H,25,26,27). The summed E-state index contributed by atoms with van der Waals surface area (Å²) in [6.45, 7) is 4.97. The molecule has 2 aromatic heterocycles. The molecule has 148 valence electrons. The van der Waals surface area contributed by atoms with Crippen molar-refractivity contribution in [3.05, 3.63) is 64.2 Å². The van der Waals surface area contributed by atoms with Crippen LogP contribution in [0.2, 0.25) is 0 Å². The number of aromatic nitrogens is 2. The second kappa shape index (κ2) is 8.93. The smallest absolute Gasteiger partial charge is 0.143 e. The Morgan fingerprint density at radius 3 is 2.59 bits per heavy atom. The summed E-state index contributed by atoms with van der Waals surface area (Å²) in [5.41, 5.74) is 3.28. The third kappa shape index (κ3) is 4.14. The normalized spacial score (nSPS) is 11.0. The van der Waals surface area contributed by atoms with Crippen molar-refractivity contribution in [1.82, 2.24) is 9.97 Å². The first-order valence-electron chi connectivity index (χ1n) is 9.72. The van der Waals surface area contributed by atoms with E-state index < -0.39 is 0 Å². The van der Waals surface area contributed by atoms with Crippen LogP contribution >= 0.6 is 27.3 Å². The number of halogens is 1. The number of fused-ring (bicyclic) bond motifs is 1. The van der Waals surface area contributed by atoms with Gasteiger partial charge in [-0.1, -0.05) is 54.0 Å². The molecule has 0 bridgehead atoms. The highest BCUT2D eigenvalue weighted by Crippen LogP contribution is 2.42. The van der Waals surface area contributed by atoms with E-state index in [2.05, 4.69) is 69.3 Å². The van der Waals surface area contributed by atoms with Crippen LogP contribution in [-0.2, 0) is 6.42 Å². The Bertz CT molecular complexity index is 1120. The average molecular weight is 468 g/mol. The fourth-order valence-corrected chi connectivity index (χ4v) is 4.64. The number of benzene rings is 2. The molecular formula is C23H22BrN3OS. The van der Waals surface area contributed by atoms with E-state index in [1.807, 2.05) is 24.3 Å². The van der Waals surface area contributed by atoms with Crippen LogP contribution in [0.1, 0.15) is 25.1 Å². The maximum absolute atomic E-state index is 5.92. The summed E-state index contributed by atoms with van der Waals surface area (Å²) >= 11 is 5.26. The maximum Gasteiger partial charge on any atom is 0.143 e. The summed E-state index contributed by atoms with van der Waals surface area (Å²) in [4.78, 5) is 11.4. The van der Waals surface area contributed by atoms with Crippen molar-refractivity contribution < 1.29 is 4.74 Å². The van der Waals surface area contributed by atoms with Gasteiger partial charge in [-0.2, -0.15) is 0 Å². The SMILES string of the molecule is CCCOc1ccccc1Nc1ncnc2sc(CC)c(-c3ccc(Br)cc3)c12. The van der Waals surface area contributed by atoms with Crippen molar-refractivity contribution >= 4 is 49.0 Å². The number of ether oxygens (including phenoxy) is 1. The summed E-state index contributed by atoms with van der Waals surface area (Å²) in [5, 5.41) is 4.56. The highest BCUT2D eigenvalue weighted by Gasteiger charge is 2.19. The Labute approximate surface area is 183 Å². The third-order valence-electron chi connectivity index (χ3n) is 4.62. The zero-order valence-corrected chi connectivity index (χ0v) is 18.8. The molecule has 0 unspecified atom stereocenters. The van der Waals surface area contributed by atoms with Crippen molar-refractivity contribution in [3.8, 4) is 16.9 Å². The molecule has 2 heterocycles. The van der Waals surface area contributed by atoms with Crippen LogP contribution in [0, 0.1) is 0 Å². The topological polar surface area (TPSA) is 47.0 Å². The largest absolute Gasteiger partial charge is 0.491 e. The van der Waals surface area contributed by atoms with Gasteiger partial charge in [0.25, 0.3) is 0 Å². The number of anilines is 2. The van der Waals surface area contributed by atoms with Gasteiger partial charge in [-0.05, 0) is 42.7 Å². The lowest BCUT2D eigenvalue weighted by Crippen LogP contribution is -2.01. The fraction of sp³-hybridized carbons (Fsp3) is 0.217. The predicted molar refractivity (Wildman–Crippen MR) is 125 cm³/mol. The Morgan fingerprint density at radius 2 is 1.83 bits per heavy atom. The summed E-state index contributed by atoms with van der Waals surface area (Å²) in [6, 6.07) is 16.4. The van der Waals surface area contributed by atoms with Gasteiger partial charge in [-0.3, -0.25) is 0 Å². The molecule has 29 heavy (non-hydrogen) atoms. The van der Waals surface area contributed by atoms with Crippen LogP contribution in [0.4, 0.5) is 11.5 Å². The number of thiophene rings is 1. The van der Waals surface area contributed by atoms with Crippen LogP contribution in [0.25, 0.3) is 21.3 Å². The molecule has 4 nitrogen and oxygen atoms in total. The average Bonchev–Trinajstić information content (AvgIpc) is 3.13. The van der Waals surface area contributed by atoms with E-state index in [0.717, 1.165) is 44.8 Å². The maximum atomic E-state index is 5.92. The molecular weight excluding hydrogens is 446 g/mol. The van der Waals surface area contributed by atoms with E-state index in [1.165, 1.54) is 16.0 Å². The van der Waals surface area contributed by atoms with E-state index in [9.17, 15) is 0 Å². The van der Waals surface area contributed by atoms with E-state index in [1.54, 1.807) is 17.7 Å². The number of nitrogens with one attached hydrogen (secondary N) is 1. The van der Waals surface area contributed by atoms with Crippen LogP contribution in [0.3, 0.4) is 0 Å². The van der Waals surface area contributed by atoms with E-state index in [0.29, 0.717) is 6.61 Å². The van der Waals surface area contributed by atoms with Gasteiger partial charge >= 0.3 is 0 Å². The number of aryl methyl sites for hydroxylation is 1. The molecule has 0 aliphatic heterocycles. The zero-order chi connectivity index (χ0) is 20.2. The molecule has 4 rings (SSSR count). The summed E-state index contributed by atoms with van der Waals surface area (Å²) in [5.74, 6) is 1.63. The summed E-state index contributed by atoms with van der Waals surface area (Å²) in [7, 11) is 0. The van der Waals surface area contributed by atoms with Gasteiger partial charge in [-0.25, -0.2) is 9.97 Å². The van der Waals surface area contributed by atoms with Gasteiger partial charge < -0.3 is 10.1 Å². The van der Waals surface area contributed by atoms with Gasteiger partial charge in [0.15, 0.2) is 0 Å². The quantitative estimate of drug-likeness (QED) is 0.311. The molecule has 4 aromatic rings. The number of rotatable bonds is 7. The van der Waals surface area contributed by atoms with Crippen molar-refractivity contribution in [3.63, 3.8) is 0 Å². The third-order valence-corrected chi connectivity index (χ3v) is 6.39. The van der Waals surface area contributed by atoms with Crippen LogP contribution < -0.4 is 10.1 Å². The monoisotopic (exact) mass is 467 g/mol. The molecule has 0 amide bonds. The molecule has 0 spiro atoms. The zero-order valence-electron chi connectivity index (χ0n) is 16.4. The minimum absolute atomic E-state index is 0.681. The minimum Gasteiger partial charge on any atom is -0.491 e. The molecule has 0 aliphatic rings. The van der Waals surface area contributed by atoms with Gasteiger partial charge in [0.2, 0.25) is 0 Å². The lowest BCUT2D eigenvalue weighted by Gasteiger charge is -2.13. The van der Waals surface area contributed by atoms with Crippen LogP contribution in [0.5, 0.6) is 5.75 Å². The van der Waals surface area contributed by atoms with E-state index >= 15 is 0 Å². The highest BCUT2D eigenvalue weighted by atomic mass is 79.9. The Kier molecular flexibility index (Phi) is 6.11. The number of para-hydroxylation sites is 2.